The van der Waals surface area contributed by atoms with Crippen molar-refractivity contribution in [3.63, 3.8) is 0 Å². The van der Waals surface area contributed by atoms with Gasteiger partial charge in [0.05, 0.1) is 12.1 Å². The second-order valence-electron chi connectivity index (χ2n) is 3.46. The number of hydrogen-bond acceptors (Lipinski definition) is 3. The van der Waals surface area contributed by atoms with Gasteiger partial charge in [-0.2, -0.15) is 12.7 Å². The summed E-state index contributed by atoms with van der Waals surface area (Å²) in [6, 6.07) is 0. The molecule has 0 N–H and O–H groups in total. The van der Waals surface area contributed by atoms with E-state index in [0.29, 0.717) is 13.2 Å². The van der Waals surface area contributed by atoms with Crippen molar-refractivity contribution >= 4 is 10.3 Å². The Kier molecular flexibility index (Phi) is 1.72. The Morgan fingerprint density at radius 3 is 2.50 bits per heavy atom. The summed E-state index contributed by atoms with van der Waals surface area (Å²) in [5.74, 6) is 0. The first-order chi connectivity index (χ1) is 5.61. The van der Waals surface area contributed by atoms with Gasteiger partial charge < -0.3 is 0 Å². The van der Waals surface area contributed by atoms with Gasteiger partial charge in [0, 0.05) is 6.54 Å². The average Bonchev–Trinajstić information content (AvgIpc) is 2.19. The lowest BCUT2D eigenvalue weighted by Gasteiger charge is -2.41. The van der Waals surface area contributed by atoms with Gasteiger partial charge in [0.25, 0.3) is 0 Å². The molecule has 1 heterocycles. The molecule has 4 nitrogen and oxygen atoms in total. The Balaban J connectivity index is 2.30. The van der Waals surface area contributed by atoms with Crippen LogP contribution in [0.15, 0.2) is 0 Å². The van der Waals surface area contributed by atoms with Crippen LogP contribution >= 0.6 is 0 Å². The average molecular weight is 191 g/mol. The molecule has 1 aliphatic carbocycles. The minimum Gasteiger partial charge on any atom is -0.256 e. The van der Waals surface area contributed by atoms with Crippen LogP contribution in [0.25, 0.3) is 0 Å². The van der Waals surface area contributed by atoms with Gasteiger partial charge in [-0.05, 0) is 19.3 Å². The van der Waals surface area contributed by atoms with Crippen molar-refractivity contribution in [3.05, 3.63) is 0 Å². The summed E-state index contributed by atoms with van der Waals surface area (Å²) in [4.78, 5) is 0. The van der Waals surface area contributed by atoms with Crippen LogP contribution in [0.4, 0.5) is 0 Å². The third kappa shape index (κ3) is 0.932. The maximum absolute atomic E-state index is 11.3. The molecule has 0 aromatic rings. The van der Waals surface area contributed by atoms with E-state index in [1.54, 1.807) is 0 Å². The molecule has 5 heteroatoms. The van der Waals surface area contributed by atoms with Crippen LogP contribution in [-0.4, -0.2) is 31.4 Å². The van der Waals surface area contributed by atoms with Gasteiger partial charge in [0.2, 0.25) is 0 Å². The Morgan fingerprint density at radius 1 is 1.50 bits per heavy atom. The standard InChI is InChI=1S/C7H13NO3S/c1-2-8-7(4-3-5-7)6-11-12(8,9)10/h2-6H2,1H3. The quantitative estimate of drug-likeness (QED) is 0.606. The van der Waals surface area contributed by atoms with Crippen LogP contribution in [0.3, 0.4) is 0 Å². The minimum atomic E-state index is -3.37. The van der Waals surface area contributed by atoms with Crippen LogP contribution in [-0.2, 0) is 14.5 Å². The van der Waals surface area contributed by atoms with Gasteiger partial charge >= 0.3 is 10.3 Å². The highest BCUT2D eigenvalue weighted by Crippen LogP contribution is 2.43. The molecular formula is C7H13NO3S. The Bertz CT molecular complexity index is 281. The summed E-state index contributed by atoms with van der Waals surface area (Å²) in [5, 5.41) is 0. The van der Waals surface area contributed by atoms with Crippen molar-refractivity contribution in [2.75, 3.05) is 13.2 Å². The van der Waals surface area contributed by atoms with Crippen molar-refractivity contribution in [1.29, 1.82) is 0 Å². The molecular weight excluding hydrogens is 178 g/mol. The highest BCUT2D eigenvalue weighted by Gasteiger charge is 2.53. The minimum absolute atomic E-state index is 0.159. The third-order valence-electron chi connectivity index (χ3n) is 2.85. The summed E-state index contributed by atoms with van der Waals surface area (Å²) in [5.41, 5.74) is -0.159. The third-order valence-corrected chi connectivity index (χ3v) is 4.45. The van der Waals surface area contributed by atoms with Gasteiger partial charge in [-0.15, -0.1) is 0 Å². The molecule has 2 aliphatic rings. The number of nitrogens with zero attached hydrogens (tertiary/aromatic N) is 1. The fourth-order valence-electron chi connectivity index (χ4n) is 2.03. The van der Waals surface area contributed by atoms with Gasteiger partial charge in [0.15, 0.2) is 0 Å². The molecule has 0 atom stereocenters. The van der Waals surface area contributed by atoms with Crippen LogP contribution in [0.5, 0.6) is 0 Å². The van der Waals surface area contributed by atoms with E-state index in [1.165, 1.54) is 4.31 Å². The molecule has 0 radical (unpaired) electrons. The molecule has 1 spiro atoms. The van der Waals surface area contributed by atoms with E-state index in [1.807, 2.05) is 6.92 Å². The molecule has 70 valence electrons. The highest BCUT2D eigenvalue weighted by atomic mass is 32.2. The fourth-order valence-corrected chi connectivity index (χ4v) is 3.55. The smallest absolute Gasteiger partial charge is 0.256 e. The number of rotatable bonds is 1. The Hall–Kier alpha value is -0.130. The lowest BCUT2D eigenvalue weighted by molar-refractivity contribution is 0.0917. The van der Waals surface area contributed by atoms with Gasteiger partial charge in [0.1, 0.15) is 0 Å². The second-order valence-corrected chi connectivity index (χ2v) is 4.99. The molecule has 1 saturated heterocycles. The van der Waals surface area contributed by atoms with Crippen molar-refractivity contribution in [2.45, 2.75) is 31.7 Å². The first-order valence-electron chi connectivity index (χ1n) is 4.28. The van der Waals surface area contributed by atoms with Crippen LogP contribution in [0.1, 0.15) is 26.2 Å². The van der Waals surface area contributed by atoms with Gasteiger partial charge in [-0.1, -0.05) is 6.92 Å². The first kappa shape index (κ1) is 8.47. The molecule has 0 unspecified atom stereocenters. The second kappa shape index (κ2) is 2.43. The predicted molar refractivity (Wildman–Crippen MR) is 43.8 cm³/mol. The Labute approximate surface area is 72.8 Å². The van der Waals surface area contributed by atoms with E-state index in [-0.39, 0.29) is 5.54 Å². The van der Waals surface area contributed by atoms with Crippen molar-refractivity contribution in [1.82, 2.24) is 4.31 Å². The fraction of sp³-hybridized carbons (Fsp3) is 1.00. The number of likely N-dealkylation sites (N-methyl/N-ethyl adjacent to an activating group) is 1. The lowest BCUT2D eigenvalue weighted by atomic mass is 9.77. The molecule has 0 aromatic carbocycles. The van der Waals surface area contributed by atoms with E-state index >= 15 is 0 Å². The summed E-state index contributed by atoms with van der Waals surface area (Å²) < 4.78 is 28.9. The molecule has 1 saturated carbocycles. The molecule has 2 rings (SSSR count). The van der Waals surface area contributed by atoms with Gasteiger partial charge in [-0.3, -0.25) is 4.18 Å². The topological polar surface area (TPSA) is 46.6 Å². The zero-order valence-electron chi connectivity index (χ0n) is 7.12. The summed E-state index contributed by atoms with van der Waals surface area (Å²) in [6.45, 7) is 2.75. The van der Waals surface area contributed by atoms with E-state index in [9.17, 15) is 8.42 Å². The maximum Gasteiger partial charge on any atom is 0.339 e. The first-order valence-corrected chi connectivity index (χ1v) is 5.64. The zero-order valence-corrected chi connectivity index (χ0v) is 7.93. The number of hydrogen-bond donors (Lipinski definition) is 0. The molecule has 2 fully saturated rings. The monoisotopic (exact) mass is 191 g/mol. The largest absolute Gasteiger partial charge is 0.339 e. The van der Waals surface area contributed by atoms with Crippen molar-refractivity contribution < 1.29 is 12.6 Å². The van der Waals surface area contributed by atoms with Crippen molar-refractivity contribution in [3.8, 4) is 0 Å². The van der Waals surface area contributed by atoms with Crippen molar-refractivity contribution in [2.24, 2.45) is 0 Å². The molecule has 12 heavy (non-hydrogen) atoms. The van der Waals surface area contributed by atoms with E-state index in [2.05, 4.69) is 0 Å². The summed E-state index contributed by atoms with van der Waals surface area (Å²) in [6.07, 6.45) is 3.04. The van der Waals surface area contributed by atoms with Crippen LogP contribution < -0.4 is 0 Å². The lowest BCUT2D eigenvalue weighted by Crippen LogP contribution is -2.52. The predicted octanol–water partition coefficient (Wildman–Crippen LogP) is 0.506. The van der Waals surface area contributed by atoms with Crippen LogP contribution in [0, 0.1) is 0 Å². The van der Waals surface area contributed by atoms with E-state index in [0.717, 1.165) is 19.3 Å². The zero-order chi connectivity index (χ0) is 8.82. The van der Waals surface area contributed by atoms with Gasteiger partial charge in [-0.25, -0.2) is 0 Å². The summed E-state index contributed by atoms with van der Waals surface area (Å²) >= 11 is 0. The van der Waals surface area contributed by atoms with E-state index in [4.69, 9.17) is 4.18 Å². The van der Waals surface area contributed by atoms with E-state index < -0.39 is 10.3 Å². The highest BCUT2D eigenvalue weighted by molar-refractivity contribution is 7.84. The molecule has 1 aliphatic heterocycles. The molecule has 0 aromatic heterocycles. The summed E-state index contributed by atoms with van der Waals surface area (Å²) in [7, 11) is -3.37. The molecule has 0 amide bonds. The van der Waals surface area contributed by atoms with Crippen LogP contribution in [0.2, 0.25) is 0 Å². The Morgan fingerprint density at radius 2 is 2.17 bits per heavy atom. The molecule has 0 bridgehead atoms. The SMILES string of the molecule is CCN1C2(CCC2)COS1(=O)=O. The maximum atomic E-state index is 11.3. The normalized spacial score (nSPS) is 32.1.